The van der Waals surface area contributed by atoms with Crippen molar-refractivity contribution in [2.24, 2.45) is 0 Å². The van der Waals surface area contributed by atoms with Crippen LogP contribution in [0, 0.1) is 0 Å². The molecule has 4 aromatic carbocycles. The molecule has 0 radical (unpaired) electrons. The molecule has 8 heteroatoms. The smallest absolute Gasteiger partial charge is 0.270 e. The molecule has 4 aromatic rings. The van der Waals surface area contributed by atoms with Gasteiger partial charge in [0.1, 0.15) is 17.1 Å². The van der Waals surface area contributed by atoms with E-state index in [1.807, 2.05) is 42.5 Å². The van der Waals surface area contributed by atoms with Gasteiger partial charge in [-0.25, -0.2) is 0 Å². The fraction of sp³-hybridized carbons (Fsp3) is 0.0357. The van der Waals surface area contributed by atoms with E-state index in [1.54, 1.807) is 48.5 Å². The SMILES string of the molecule is O=C1NC(=S)N(c2ccc(Oc3ccccc3)cc2)C(=O)/C1=C/c1cccc2cccc(C(O)O)c12. The Morgan fingerprint density at radius 2 is 1.50 bits per heavy atom. The van der Waals surface area contributed by atoms with Crippen LogP contribution >= 0.6 is 12.2 Å². The fourth-order valence-corrected chi connectivity index (χ4v) is 4.35. The molecule has 178 valence electrons. The molecule has 1 heterocycles. The van der Waals surface area contributed by atoms with Crippen LogP contribution in [0.15, 0.2) is 96.6 Å². The third-order valence-corrected chi connectivity index (χ3v) is 6.01. The molecule has 0 atom stereocenters. The number of aliphatic hydroxyl groups is 2. The Morgan fingerprint density at radius 3 is 2.19 bits per heavy atom. The second kappa shape index (κ2) is 9.71. The highest BCUT2D eigenvalue weighted by Crippen LogP contribution is 2.30. The summed E-state index contributed by atoms with van der Waals surface area (Å²) in [5.74, 6) is 0.0181. The molecular formula is C28H20N2O5S. The van der Waals surface area contributed by atoms with E-state index in [0.717, 1.165) is 5.39 Å². The van der Waals surface area contributed by atoms with Crippen LogP contribution in [-0.4, -0.2) is 27.1 Å². The minimum Gasteiger partial charge on any atom is -0.457 e. The zero-order chi connectivity index (χ0) is 25.2. The maximum Gasteiger partial charge on any atom is 0.270 e. The van der Waals surface area contributed by atoms with E-state index >= 15 is 0 Å². The van der Waals surface area contributed by atoms with Crippen molar-refractivity contribution in [2.45, 2.75) is 6.29 Å². The van der Waals surface area contributed by atoms with Crippen molar-refractivity contribution in [1.82, 2.24) is 5.32 Å². The third-order valence-electron chi connectivity index (χ3n) is 5.72. The average molecular weight is 497 g/mol. The molecule has 3 N–H and O–H groups in total. The summed E-state index contributed by atoms with van der Waals surface area (Å²) in [5.41, 5.74) is 1.09. The number of anilines is 1. The van der Waals surface area contributed by atoms with Gasteiger partial charge in [0.05, 0.1) is 5.69 Å². The van der Waals surface area contributed by atoms with Crippen LogP contribution < -0.4 is 15.0 Å². The fourth-order valence-electron chi connectivity index (χ4n) is 4.07. The summed E-state index contributed by atoms with van der Waals surface area (Å²) >= 11 is 5.30. The van der Waals surface area contributed by atoms with Gasteiger partial charge in [-0.2, -0.15) is 0 Å². The molecule has 0 unspecified atom stereocenters. The second-order valence-corrected chi connectivity index (χ2v) is 8.42. The minimum atomic E-state index is -1.72. The van der Waals surface area contributed by atoms with Gasteiger partial charge in [-0.05, 0) is 71.0 Å². The van der Waals surface area contributed by atoms with E-state index in [2.05, 4.69) is 5.32 Å². The number of aliphatic hydroxyl groups excluding tert-OH is 1. The summed E-state index contributed by atoms with van der Waals surface area (Å²) in [5, 5.41) is 23.5. The molecule has 0 aliphatic carbocycles. The average Bonchev–Trinajstić information content (AvgIpc) is 2.87. The van der Waals surface area contributed by atoms with Gasteiger partial charge in [0.15, 0.2) is 11.4 Å². The molecule has 0 spiro atoms. The number of ether oxygens (including phenoxy) is 1. The summed E-state index contributed by atoms with van der Waals surface area (Å²) in [7, 11) is 0. The van der Waals surface area contributed by atoms with Crippen molar-refractivity contribution >= 4 is 51.7 Å². The van der Waals surface area contributed by atoms with Crippen molar-refractivity contribution in [3.63, 3.8) is 0 Å². The van der Waals surface area contributed by atoms with Gasteiger partial charge in [0.2, 0.25) is 0 Å². The molecule has 1 fully saturated rings. The maximum absolute atomic E-state index is 13.5. The lowest BCUT2D eigenvalue weighted by atomic mass is 9.96. The Labute approximate surface area is 211 Å². The van der Waals surface area contributed by atoms with Crippen LogP contribution in [0.4, 0.5) is 5.69 Å². The first-order chi connectivity index (χ1) is 17.4. The quantitative estimate of drug-likeness (QED) is 0.163. The number of thiocarbonyl (C=S) groups is 1. The second-order valence-electron chi connectivity index (χ2n) is 8.03. The normalized spacial score (nSPS) is 15.0. The van der Waals surface area contributed by atoms with E-state index in [0.29, 0.717) is 28.1 Å². The summed E-state index contributed by atoms with van der Waals surface area (Å²) in [6, 6.07) is 26.4. The first kappa shape index (κ1) is 23.4. The first-order valence-electron chi connectivity index (χ1n) is 11.0. The van der Waals surface area contributed by atoms with Gasteiger partial charge in [-0.1, -0.05) is 54.6 Å². The van der Waals surface area contributed by atoms with Crippen LogP contribution in [0.5, 0.6) is 11.5 Å². The highest BCUT2D eigenvalue weighted by atomic mass is 32.1. The van der Waals surface area contributed by atoms with E-state index < -0.39 is 18.1 Å². The molecule has 36 heavy (non-hydrogen) atoms. The van der Waals surface area contributed by atoms with Gasteiger partial charge in [0, 0.05) is 5.56 Å². The van der Waals surface area contributed by atoms with Crippen molar-refractivity contribution in [1.29, 1.82) is 0 Å². The molecule has 7 nitrogen and oxygen atoms in total. The number of carbonyl (C=O) groups excluding carboxylic acids is 2. The number of nitrogens with zero attached hydrogens (tertiary/aromatic N) is 1. The van der Waals surface area contributed by atoms with Gasteiger partial charge in [0.25, 0.3) is 11.8 Å². The van der Waals surface area contributed by atoms with Gasteiger partial charge >= 0.3 is 0 Å². The monoisotopic (exact) mass is 496 g/mol. The minimum absolute atomic E-state index is 0.0386. The number of rotatable bonds is 5. The highest BCUT2D eigenvalue weighted by Gasteiger charge is 2.34. The van der Waals surface area contributed by atoms with Crippen molar-refractivity contribution in [3.8, 4) is 11.5 Å². The Hall–Kier alpha value is -4.37. The topological polar surface area (TPSA) is 99.1 Å². The van der Waals surface area contributed by atoms with E-state index in [1.165, 1.54) is 11.0 Å². The lowest BCUT2D eigenvalue weighted by Gasteiger charge is -2.29. The zero-order valence-corrected chi connectivity index (χ0v) is 19.6. The summed E-state index contributed by atoms with van der Waals surface area (Å²) in [4.78, 5) is 27.5. The van der Waals surface area contributed by atoms with Gasteiger partial charge in [-0.3, -0.25) is 19.8 Å². The van der Waals surface area contributed by atoms with Crippen molar-refractivity contribution < 1.29 is 24.5 Å². The van der Waals surface area contributed by atoms with Crippen LogP contribution in [0.2, 0.25) is 0 Å². The number of benzene rings is 4. The molecule has 0 aromatic heterocycles. The van der Waals surface area contributed by atoms with E-state index in [9.17, 15) is 19.8 Å². The van der Waals surface area contributed by atoms with E-state index in [-0.39, 0.29) is 16.2 Å². The lowest BCUT2D eigenvalue weighted by Crippen LogP contribution is -2.54. The largest absolute Gasteiger partial charge is 0.457 e. The number of carbonyl (C=O) groups is 2. The first-order valence-corrected chi connectivity index (χ1v) is 11.5. The van der Waals surface area contributed by atoms with Crippen LogP contribution in [-0.2, 0) is 9.59 Å². The number of hydrogen-bond acceptors (Lipinski definition) is 6. The van der Waals surface area contributed by atoms with Gasteiger partial charge < -0.3 is 14.9 Å². The number of nitrogens with one attached hydrogen (secondary N) is 1. The number of fused-ring (bicyclic) bond motifs is 1. The number of hydrogen-bond donors (Lipinski definition) is 3. The summed E-state index contributed by atoms with van der Waals surface area (Å²) in [6.07, 6.45) is -0.280. The highest BCUT2D eigenvalue weighted by molar-refractivity contribution is 7.80. The number of amides is 2. The maximum atomic E-state index is 13.5. The van der Waals surface area contributed by atoms with E-state index in [4.69, 9.17) is 17.0 Å². The standard InChI is InChI=1S/C28H20N2O5S/c31-25-23(16-18-8-4-6-17-7-5-11-22(24(17)18)27(33)34)26(32)30(28(36)29-25)19-12-14-21(15-13-19)35-20-9-2-1-3-10-20/h1-16,27,33-34H,(H,29,31,36)/b23-16+. The molecule has 5 rings (SSSR count). The Balaban J connectivity index is 1.50. The predicted octanol–water partition coefficient (Wildman–Crippen LogP) is 4.45. The molecular weight excluding hydrogens is 476 g/mol. The van der Waals surface area contributed by atoms with Crippen LogP contribution in [0.25, 0.3) is 16.8 Å². The Kier molecular flexibility index (Phi) is 6.30. The Morgan fingerprint density at radius 1 is 0.833 bits per heavy atom. The molecule has 1 saturated heterocycles. The summed E-state index contributed by atoms with van der Waals surface area (Å²) in [6.45, 7) is 0. The predicted molar refractivity (Wildman–Crippen MR) is 140 cm³/mol. The zero-order valence-electron chi connectivity index (χ0n) is 18.8. The molecule has 2 amide bonds. The number of para-hydroxylation sites is 1. The molecule has 0 bridgehead atoms. The molecule has 0 saturated carbocycles. The third kappa shape index (κ3) is 4.48. The van der Waals surface area contributed by atoms with Crippen molar-refractivity contribution in [2.75, 3.05) is 4.90 Å². The van der Waals surface area contributed by atoms with Crippen LogP contribution in [0.1, 0.15) is 17.4 Å². The lowest BCUT2D eigenvalue weighted by molar-refractivity contribution is -0.122. The summed E-state index contributed by atoms with van der Waals surface area (Å²) < 4.78 is 5.80. The Bertz CT molecular complexity index is 1510. The molecule has 1 aliphatic rings. The molecule has 1 aliphatic heterocycles. The van der Waals surface area contributed by atoms with Crippen molar-refractivity contribution in [3.05, 3.63) is 108 Å². The van der Waals surface area contributed by atoms with Gasteiger partial charge in [-0.15, -0.1) is 0 Å². The van der Waals surface area contributed by atoms with Crippen LogP contribution in [0.3, 0.4) is 0 Å².